The molecule has 19 heavy (non-hydrogen) atoms. The van der Waals surface area contributed by atoms with E-state index in [1.54, 1.807) is 6.07 Å². The Bertz CT molecular complexity index is 410. The first-order valence-electron chi connectivity index (χ1n) is 6.58. The lowest BCUT2D eigenvalue weighted by Crippen LogP contribution is -2.47. The third-order valence-electron chi connectivity index (χ3n) is 3.23. The van der Waals surface area contributed by atoms with Crippen LogP contribution in [0, 0.1) is 5.82 Å². The highest BCUT2D eigenvalue weighted by Crippen LogP contribution is 2.23. The van der Waals surface area contributed by atoms with Crippen LogP contribution in [0.15, 0.2) is 22.7 Å². The maximum absolute atomic E-state index is 13.5. The van der Waals surface area contributed by atoms with Crippen LogP contribution in [0.25, 0.3) is 0 Å². The Morgan fingerprint density at radius 3 is 3.00 bits per heavy atom. The van der Waals surface area contributed by atoms with Gasteiger partial charge in [0, 0.05) is 6.04 Å². The molecule has 2 rings (SSSR count). The zero-order chi connectivity index (χ0) is 13.7. The van der Waals surface area contributed by atoms with Gasteiger partial charge in [0.1, 0.15) is 5.82 Å². The Balaban J connectivity index is 2.08. The maximum Gasteiger partial charge on any atom is 0.137 e. The molecule has 0 radical (unpaired) electrons. The van der Waals surface area contributed by atoms with Gasteiger partial charge in [-0.15, -0.1) is 0 Å². The van der Waals surface area contributed by atoms with E-state index in [2.05, 4.69) is 28.2 Å². The Morgan fingerprint density at radius 2 is 2.32 bits per heavy atom. The Labute approximate surface area is 121 Å². The van der Waals surface area contributed by atoms with Gasteiger partial charge in [0.15, 0.2) is 0 Å². The van der Waals surface area contributed by atoms with Gasteiger partial charge < -0.3 is 14.8 Å². The lowest BCUT2D eigenvalue weighted by molar-refractivity contribution is -0.101. The summed E-state index contributed by atoms with van der Waals surface area (Å²) in [5.41, 5.74) is 0.945. The van der Waals surface area contributed by atoms with Gasteiger partial charge in [0.05, 0.1) is 30.4 Å². The molecule has 1 aromatic carbocycles. The standard InChI is InChI=1S/C14H19BrFNO2/c1-2-17-12(13-9-18-6-7-19-13)8-10-4-3-5-11(16)14(10)15/h3-5,12-13,17H,2,6-9H2,1H3. The first-order valence-corrected chi connectivity index (χ1v) is 7.37. The summed E-state index contributed by atoms with van der Waals surface area (Å²) in [4.78, 5) is 0. The zero-order valence-electron chi connectivity index (χ0n) is 11.0. The fourth-order valence-corrected chi connectivity index (χ4v) is 2.70. The van der Waals surface area contributed by atoms with Gasteiger partial charge in [-0.3, -0.25) is 0 Å². The third-order valence-corrected chi connectivity index (χ3v) is 4.12. The van der Waals surface area contributed by atoms with Crippen LogP contribution in [0.3, 0.4) is 0 Å². The van der Waals surface area contributed by atoms with E-state index in [-0.39, 0.29) is 18.0 Å². The van der Waals surface area contributed by atoms with E-state index in [0.717, 1.165) is 12.1 Å². The minimum absolute atomic E-state index is 0.0175. The summed E-state index contributed by atoms with van der Waals surface area (Å²) in [5.74, 6) is -0.228. The lowest BCUT2D eigenvalue weighted by atomic mass is 10.0. The van der Waals surface area contributed by atoms with Gasteiger partial charge in [0.25, 0.3) is 0 Å². The molecule has 0 spiro atoms. The van der Waals surface area contributed by atoms with E-state index >= 15 is 0 Å². The highest BCUT2D eigenvalue weighted by atomic mass is 79.9. The van der Waals surface area contributed by atoms with Crippen molar-refractivity contribution in [3.8, 4) is 0 Å². The van der Waals surface area contributed by atoms with Crippen molar-refractivity contribution in [2.45, 2.75) is 25.5 Å². The van der Waals surface area contributed by atoms with Crippen molar-refractivity contribution in [2.24, 2.45) is 0 Å². The van der Waals surface area contributed by atoms with Crippen LogP contribution in [0.4, 0.5) is 4.39 Å². The Hall–Kier alpha value is -0.490. The van der Waals surface area contributed by atoms with Crippen LogP contribution >= 0.6 is 15.9 Å². The van der Waals surface area contributed by atoms with E-state index in [1.807, 2.05) is 6.07 Å². The van der Waals surface area contributed by atoms with Crippen molar-refractivity contribution in [2.75, 3.05) is 26.4 Å². The molecule has 1 aromatic rings. The second kappa shape index (κ2) is 7.33. The third kappa shape index (κ3) is 3.99. The van der Waals surface area contributed by atoms with Crippen molar-refractivity contribution in [3.05, 3.63) is 34.1 Å². The summed E-state index contributed by atoms with van der Waals surface area (Å²) in [6.45, 7) is 4.76. The summed E-state index contributed by atoms with van der Waals surface area (Å²) in [6, 6.07) is 5.25. The summed E-state index contributed by atoms with van der Waals surface area (Å²) in [6.07, 6.45) is 0.726. The molecule has 2 unspecified atom stereocenters. The molecule has 1 fully saturated rings. The molecule has 1 aliphatic rings. The summed E-state index contributed by atoms with van der Waals surface area (Å²) < 4.78 is 25.3. The molecule has 0 aliphatic carbocycles. The van der Waals surface area contributed by atoms with Crippen molar-refractivity contribution >= 4 is 15.9 Å². The van der Waals surface area contributed by atoms with Gasteiger partial charge in [0.2, 0.25) is 0 Å². The van der Waals surface area contributed by atoms with Crippen LogP contribution in [0.5, 0.6) is 0 Å². The highest BCUT2D eigenvalue weighted by Gasteiger charge is 2.25. The second-order valence-electron chi connectivity index (χ2n) is 4.57. The molecule has 1 aliphatic heterocycles. The van der Waals surface area contributed by atoms with Gasteiger partial charge in [-0.05, 0) is 40.5 Å². The average molecular weight is 332 g/mol. The van der Waals surface area contributed by atoms with E-state index in [1.165, 1.54) is 6.07 Å². The van der Waals surface area contributed by atoms with Crippen molar-refractivity contribution < 1.29 is 13.9 Å². The van der Waals surface area contributed by atoms with E-state index in [4.69, 9.17) is 9.47 Å². The fourth-order valence-electron chi connectivity index (χ4n) is 2.28. The predicted molar refractivity (Wildman–Crippen MR) is 75.8 cm³/mol. The second-order valence-corrected chi connectivity index (χ2v) is 5.36. The van der Waals surface area contributed by atoms with Crippen molar-refractivity contribution in [1.29, 1.82) is 0 Å². The molecule has 2 atom stereocenters. The van der Waals surface area contributed by atoms with Gasteiger partial charge in [-0.2, -0.15) is 0 Å². The average Bonchev–Trinajstić information content (AvgIpc) is 2.44. The quantitative estimate of drug-likeness (QED) is 0.899. The predicted octanol–water partition coefficient (Wildman–Crippen LogP) is 2.52. The van der Waals surface area contributed by atoms with E-state index < -0.39 is 0 Å². The van der Waals surface area contributed by atoms with Crippen LogP contribution in [0.2, 0.25) is 0 Å². The van der Waals surface area contributed by atoms with Gasteiger partial charge >= 0.3 is 0 Å². The van der Waals surface area contributed by atoms with Crippen molar-refractivity contribution in [3.63, 3.8) is 0 Å². The minimum atomic E-state index is -0.228. The van der Waals surface area contributed by atoms with Crippen LogP contribution in [-0.2, 0) is 15.9 Å². The number of halogens is 2. The molecule has 0 aromatic heterocycles. The van der Waals surface area contributed by atoms with Crippen molar-refractivity contribution in [1.82, 2.24) is 5.32 Å². The molecule has 5 heteroatoms. The van der Waals surface area contributed by atoms with Gasteiger partial charge in [-0.1, -0.05) is 19.1 Å². The van der Waals surface area contributed by atoms with Gasteiger partial charge in [-0.25, -0.2) is 4.39 Å². The van der Waals surface area contributed by atoms with E-state index in [9.17, 15) is 4.39 Å². The van der Waals surface area contributed by atoms with Crippen LogP contribution in [0.1, 0.15) is 12.5 Å². The largest absolute Gasteiger partial charge is 0.376 e. The zero-order valence-corrected chi connectivity index (χ0v) is 12.6. The monoisotopic (exact) mass is 331 g/mol. The Morgan fingerprint density at radius 1 is 1.47 bits per heavy atom. The smallest absolute Gasteiger partial charge is 0.137 e. The molecule has 1 N–H and O–H groups in total. The van der Waals surface area contributed by atoms with Crippen LogP contribution in [-0.4, -0.2) is 38.5 Å². The normalized spacial score (nSPS) is 21.3. The number of benzene rings is 1. The topological polar surface area (TPSA) is 30.5 Å². The fraction of sp³-hybridized carbons (Fsp3) is 0.571. The number of hydrogen-bond donors (Lipinski definition) is 1. The molecule has 1 saturated heterocycles. The number of rotatable bonds is 5. The molecule has 0 saturated carbocycles. The Kier molecular flexibility index (Phi) is 5.76. The first kappa shape index (κ1) is 14.9. The summed E-state index contributed by atoms with van der Waals surface area (Å²) in [5, 5.41) is 3.40. The summed E-state index contributed by atoms with van der Waals surface area (Å²) in [7, 11) is 0. The number of nitrogens with one attached hydrogen (secondary N) is 1. The van der Waals surface area contributed by atoms with Crippen LogP contribution < -0.4 is 5.32 Å². The first-order chi connectivity index (χ1) is 9.22. The maximum atomic E-state index is 13.5. The molecule has 1 heterocycles. The van der Waals surface area contributed by atoms with E-state index in [0.29, 0.717) is 30.7 Å². The molecule has 0 amide bonds. The SMILES string of the molecule is CCNC(Cc1cccc(F)c1Br)C1COCCO1. The highest BCUT2D eigenvalue weighted by molar-refractivity contribution is 9.10. The molecule has 106 valence electrons. The minimum Gasteiger partial charge on any atom is -0.376 e. The number of hydrogen-bond acceptors (Lipinski definition) is 3. The lowest BCUT2D eigenvalue weighted by Gasteiger charge is -2.31. The molecule has 0 bridgehead atoms. The molecular formula is C14H19BrFNO2. The summed E-state index contributed by atoms with van der Waals surface area (Å²) >= 11 is 3.31. The molecular weight excluding hydrogens is 313 g/mol. The molecule has 3 nitrogen and oxygen atoms in total. The number of ether oxygens (including phenoxy) is 2. The number of likely N-dealkylation sites (N-methyl/N-ethyl adjacent to an activating group) is 1.